The van der Waals surface area contributed by atoms with Gasteiger partial charge < -0.3 is 4.74 Å². The van der Waals surface area contributed by atoms with Gasteiger partial charge in [0.1, 0.15) is 0 Å². The molecule has 0 bridgehead atoms. The zero-order valence-electron chi connectivity index (χ0n) is 13.5. The summed E-state index contributed by atoms with van der Waals surface area (Å²) in [4.78, 5) is 0. The van der Waals surface area contributed by atoms with Crippen LogP contribution in [-0.4, -0.2) is 23.1 Å². The van der Waals surface area contributed by atoms with E-state index >= 15 is 0 Å². The molecule has 1 aromatic rings. The van der Waals surface area contributed by atoms with Gasteiger partial charge in [0.05, 0.1) is 5.92 Å². The largest absolute Gasteiger partial charge is 0.441 e. The van der Waals surface area contributed by atoms with E-state index in [2.05, 4.69) is 37.1 Å². The Bertz CT molecular complexity index is 576. The van der Waals surface area contributed by atoms with Gasteiger partial charge in [-0.2, -0.15) is 4.58 Å². The number of nitrogens with zero attached hydrogens (tertiary/aromatic N) is 1. The fourth-order valence-corrected chi connectivity index (χ4v) is 3.90. The van der Waals surface area contributed by atoms with Gasteiger partial charge in [0.15, 0.2) is 18.7 Å². The second-order valence-corrected chi connectivity index (χ2v) is 7.17. The Labute approximate surface area is 138 Å². The zero-order chi connectivity index (χ0) is 15.7. The van der Waals surface area contributed by atoms with Gasteiger partial charge in [-0.05, 0) is 25.0 Å². The Morgan fingerprint density at radius 1 is 1.32 bits per heavy atom. The first kappa shape index (κ1) is 15.6. The number of allylic oxidation sites excluding steroid dienone is 1. The Morgan fingerprint density at radius 2 is 2.05 bits per heavy atom. The van der Waals surface area contributed by atoms with Gasteiger partial charge in [-0.15, -0.1) is 6.58 Å². The molecule has 3 heteroatoms. The van der Waals surface area contributed by atoms with Crippen LogP contribution in [0, 0.1) is 11.8 Å². The topological polar surface area (TPSA) is 12.2 Å². The molecule has 1 aromatic carbocycles. The number of rotatable bonds is 4. The minimum atomic E-state index is 0.406. The average Bonchev–Trinajstić information content (AvgIpc) is 2.94. The number of halogens is 1. The lowest BCUT2D eigenvalue weighted by atomic mass is 9.88. The summed E-state index contributed by atoms with van der Waals surface area (Å²) in [7, 11) is 0. The normalized spacial score (nSPS) is 27.7. The van der Waals surface area contributed by atoms with E-state index in [1.165, 1.54) is 11.5 Å². The van der Waals surface area contributed by atoms with Gasteiger partial charge in [-0.25, -0.2) is 0 Å². The molecular formula is C19H25ClNO+. The van der Waals surface area contributed by atoms with Crippen molar-refractivity contribution < 1.29 is 9.31 Å². The summed E-state index contributed by atoms with van der Waals surface area (Å²) in [5, 5.41) is 0.798. The molecule has 22 heavy (non-hydrogen) atoms. The van der Waals surface area contributed by atoms with Crippen molar-refractivity contribution in [2.75, 3.05) is 6.61 Å². The third kappa shape index (κ3) is 2.81. The Morgan fingerprint density at radius 3 is 2.68 bits per heavy atom. The molecule has 2 aliphatic rings. The van der Waals surface area contributed by atoms with E-state index in [-0.39, 0.29) is 0 Å². The molecule has 2 heterocycles. The lowest BCUT2D eigenvalue weighted by molar-refractivity contribution is -0.611. The number of benzene rings is 1. The molecule has 0 spiro atoms. The average molecular weight is 319 g/mol. The van der Waals surface area contributed by atoms with Crippen molar-refractivity contribution in [1.29, 1.82) is 0 Å². The summed E-state index contributed by atoms with van der Waals surface area (Å²) in [6, 6.07) is 9.18. The molecule has 0 saturated heterocycles. The fourth-order valence-electron chi connectivity index (χ4n) is 3.77. The SMILES string of the molecule is C=CC[C@H]1CC[C@@H](c2ccc(Cl)cc2)[N+]2=C1OCC2C(C)C. The molecule has 0 radical (unpaired) electrons. The maximum absolute atomic E-state index is 6.14. The molecule has 1 unspecified atom stereocenters. The van der Waals surface area contributed by atoms with E-state index in [1.54, 1.807) is 0 Å². The smallest absolute Gasteiger partial charge is 0.340 e. The second-order valence-electron chi connectivity index (χ2n) is 6.73. The molecule has 0 fully saturated rings. The number of hydrogen-bond donors (Lipinski definition) is 0. The van der Waals surface area contributed by atoms with Crippen molar-refractivity contribution >= 4 is 17.5 Å². The molecule has 0 amide bonds. The minimum absolute atomic E-state index is 0.406. The molecule has 3 rings (SSSR count). The van der Waals surface area contributed by atoms with E-state index in [1.807, 2.05) is 18.2 Å². The summed E-state index contributed by atoms with van der Waals surface area (Å²) in [5.74, 6) is 2.25. The van der Waals surface area contributed by atoms with Gasteiger partial charge in [-0.1, -0.05) is 43.7 Å². The quantitative estimate of drug-likeness (QED) is 0.572. The van der Waals surface area contributed by atoms with E-state index in [4.69, 9.17) is 16.3 Å². The van der Waals surface area contributed by atoms with Gasteiger partial charge in [0.2, 0.25) is 0 Å². The zero-order valence-corrected chi connectivity index (χ0v) is 14.2. The van der Waals surface area contributed by atoms with Crippen LogP contribution in [0.2, 0.25) is 5.02 Å². The van der Waals surface area contributed by atoms with Gasteiger partial charge in [0, 0.05) is 22.9 Å². The predicted octanol–water partition coefficient (Wildman–Crippen LogP) is 4.83. The number of ether oxygens (including phenoxy) is 1. The first-order chi connectivity index (χ1) is 10.6. The molecule has 0 saturated carbocycles. The number of hydrogen-bond acceptors (Lipinski definition) is 1. The lowest BCUT2D eigenvalue weighted by Crippen LogP contribution is -2.39. The van der Waals surface area contributed by atoms with Crippen LogP contribution in [0.5, 0.6) is 0 Å². The Balaban J connectivity index is 2.00. The van der Waals surface area contributed by atoms with Crippen LogP contribution in [0.15, 0.2) is 36.9 Å². The minimum Gasteiger partial charge on any atom is -0.441 e. The van der Waals surface area contributed by atoms with E-state index in [9.17, 15) is 0 Å². The fraction of sp³-hybridized carbons (Fsp3) is 0.526. The van der Waals surface area contributed by atoms with Crippen molar-refractivity contribution in [3.8, 4) is 0 Å². The third-order valence-corrected chi connectivity index (χ3v) is 5.21. The van der Waals surface area contributed by atoms with Crippen molar-refractivity contribution in [3.05, 3.63) is 47.5 Å². The van der Waals surface area contributed by atoms with Crippen LogP contribution in [-0.2, 0) is 4.74 Å². The first-order valence-electron chi connectivity index (χ1n) is 8.26. The standard InChI is InChI=1S/C19H25ClNO/c1-4-5-15-8-11-17(14-6-9-16(20)10-7-14)21-18(13(2)3)12-22-19(15)21/h4,6-7,9-10,13,15,17-18H,1,5,8,11-12H2,2-3H3/q+1/t15-,17-,18?/m0/s1. The summed E-state index contributed by atoms with van der Waals surface area (Å²) in [6.45, 7) is 9.29. The van der Waals surface area contributed by atoms with Crippen LogP contribution in [0.25, 0.3) is 0 Å². The van der Waals surface area contributed by atoms with Crippen molar-refractivity contribution in [2.45, 2.75) is 45.2 Å². The highest BCUT2D eigenvalue weighted by molar-refractivity contribution is 6.30. The molecule has 0 N–H and O–H groups in total. The molecular weight excluding hydrogens is 294 g/mol. The predicted molar refractivity (Wildman–Crippen MR) is 91.6 cm³/mol. The third-order valence-electron chi connectivity index (χ3n) is 4.96. The van der Waals surface area contributed by atoms with E-state index in [0.717, 1.165) is 30.9 Å². The van der Waals surface area contributed by atoms with Crippen LogP contribution in [0.4, 0.5) is 0 Å². The van der Waals surface area contributed by atoms with Crippen molar-refractivity contribution in [3.63, 3.8) is 0 Å². The van der Waals surface area contributed by atoms with Gasteiger partial charge in [-0.3, -0.25) is 0 Å². The van der Waals surface area contributed by atoms with E-state index < -0.39 is 0 Å². The molecule has 0 aromatic heterocycles. The van der Waals surface area contributed by atoms with Crippen LogP contribution in [0.3, 0.4) is 0 Å². The van der Waals surface area contributed by atoms with Crippen molar-refractivity contribution in [2.24, 2.45) is 11.8 Å². The lowest BCUT2D eigenvalue weighted by Gasteiger charge is -2.26. The van der Waals surface area contributed by atoms with Gasteiger partial charge >= 0.3 is 5.90 Å². The summed E-state index contributed by atoms with van der Waals surface area (Å²) in [5.41, 5.74) is 1.34. The highest BCUT2D eigenvalue weighted by Gasteiger charge is 2.48. The second kappa shape index (κ2) is 6.45. The molecule has 3 atom stereocenters. The van der Waals surface area contributed by atoms with Crippen LogP contribution >= 0.6 is 11.6 Å². The van der Waals surface area contributed by atoms with Gasteiger partial charge in [0.25, 0.3) is 0 Å². The molecule has 0 aliphatic carbocycles. The molecule has 118 valence electrons. The van der Waals surface area contributed by atoms with Crippen LogP contribution in [0.1, 0.15) is 44.7 Å². The summed E-state index contributed by atoms with van der Waals surface area (Å²) < 4.78 is 8.69. The van der Waals surface area contributed by atoms with Crippen molar-refractivity contribution in [1.82, 2.24) is 0 Å². The maximum Gasteiger partial charge on any atom is 0.340 e. The Hall–Kier alpha value is -1.28. The Kier molecular flexibility index (Phi) is 4.58. The first-order valence-corrected chi connectivity index (χ1v) is 8.64. The summed E-state index contributed by atoms with van der Waals surface area (Å²) in [6.07, 6.45) is 5.35. The van der Waals surface area contributed by atoms with Crippen LogP contribution < -0.4 is 0 Å². The summed E-state index contributed by atoms with van der Waals surface area (Å²) >= 11 is 6.05. The highest BCUT2D eigenvalue weighted by Crippen LogP contribution is 2.37. The van der Waals surface area contributed by atoms with E-state index in [0.29, 0.717) is 23.9 Å². The highest BCUT2D eigenvalue weighted by atomic mass is 35.5. The molecule has 2 nitrogen and oxygen atoms in total. The monoisotopic (exact) mass is 318 g/mol. The molecule has 2 aliphatic heterocycles. The maximum atomic E-state index is 6.14.